The predicted octanol–water partition coefficient (Wildman–Crippen LogP) is 4.48. The predicted molar refractivity (Wildman–Crippen MR) is 85.2 cm³/mol. The fourth-order valence-electron chi connectivity index (χ4n) is 2.60. The van der Waals surface area contributed by atoms with Crippen LogP contribution in [0.25, 0.3) is 0 Å². The smallest absolute Gasteiger partial charge is 0.111 e. The summed E-state index contributed by atoms with van der Waals surface area (Å²) in [6.07, 6.45) is 1.05. The monoisotopic (exact) mass is 316 g/mol. The van der Waals surface area contributed by atoms with E-state index in [2.05, 4.69) is 32.6 Å². The molecule has 0 spiro atoms. The molecule has 1 aromatic rings. The van der Waals surface area contributed by atoms with Gasteiger partial charge in [-0.05, 0) is 44.9 Å². The summed E-state index contributed by atoms with van der Waals surface area (Å²) in [6, 6.07) is 3.71. The first-order valence-electron chi connectivity index (χ1n) is 6.90. The van der Waals surface area contributed by atoms with E-state index in [0.717, 1.165) is 18.5 Å². The molecule has 1 fully saturated rings. The Labute approximate surface area is 131 Å². The van der Waals surface area contributed by atoms with Gasteiger partial charge in [0.15, 0.2) is 0 Å². The van der Waals surface area contributed by atoms with Crippen molar-refractivity contribution in [2.24, 2.45) is 0 Å². The number of halogens is 2. The number of rotatable bonds is 2. The second kappa shape index (κ2) is 5.72. The minimum atomic E-state index is -0.0187. The first-order chi connectivity index (χ1) is 9.24. The molecule has 20 heavy (non-hydrogen) atoms. The Hall–Kier alpha value is -0.480. The van der Waals surface area contributed by atoms with Gasteiger partial charge in [-0.15, -0.1) is 0 Å². The molecule has 112 valence electrons. The number of hydrogen-bond acceptors (Lipinski definition) is 3. The van der Waals surface area contributed by atoms with Gasteiger partial charge in [-0.3, -0.25) is 4.90 Å². The van der Waals surface area contributed by atoms with Crippen LogP contribution in [-0.2, 0) is 4.74 Å². The number of benzene rings is 1. The second-order valence-electron chi connectivity index (χ2n) is 6.21. The molecule has 1 aromatic carbocycles. The Kier molecular flexibility index (Phi) is 4.55. The van der Waals surface area contributed by atoms with Crippen molar-refractivity contribution in [2.75, 3.05) is 12.3 Å². The molecule has 0 aliphatic carbocycles. The Morgan fingerprint density at radius 3 is 2.25 bits per heavy atom. The molecule has 0 radical (unpaired) electrons. The normalized spacial score (nSPS) is 24.3. The lowest BCUT2D eigenvalue weighted by molar-refractivity contribution is -0.0314. The summed E-state index contributed by atoms with van der Waals surface area (Å²) < 4.78 is 6.15. The molecular weight excluding hydrogens is 295 g/mol. The van der Waals surface area contributed by atoms with Gasteiger partial charge in [0.2, 0.25) is 0 Å². The van der Waals surface area contributed by atoms with E-state index >= 15 is 0 Å². The van der Waals surface area contributed by atoms with Crippen LogP contribution in [0.2, 0.25) is 10.0 Å². The van der Waals surface area contributed by atoms with Gasteiger partial charge >= 0.3 is 0 Å². The van der Waals surface area contributed by atoms with Crippen LogP contribution >= 0.6 is 23.2 Å². The van der Waals surface area contributed by atoms with E-state index in [1.165, 1.54) is 0 Å². The summed E-state index contributed by atoms with van der Waals surface area (Å²) in [6.45, 7) is 9.56. The van der Waals surface area contributed by atoms with Gasteiger partial charge in [-0.25, -0.2) is 0 Å². The Morgan fingerprint density at radius 1 is 1.30 bits per heavy atom. The summed E-state index contributed by atoms with van der Waals surface area (Å²) in [5.41, 5.74) is 7.26. The van der Waals surface area contributed by atoms with Crippen molar-refractivity contribution in [3.8, 4) is 0 Å². The van der Waals surface area contributed by atoms with Crippen molar-refractivity contribution in [2.45, 2.75) is 52.0 Å². The summed E-state index contributed by atoms with van der Waals surface area (Å²) in [5, 5.41) is 0.969. The zero-order valence-electron chi connectivity index (χ0n) is 12.4. The van der Waals surface area contributed by atoms with Gasteiger partial charge in [0.1, 0.15) is 6.23 Å². The molecule has 2 rings (SSSR count). The van der Waals surface area contributed by atoms with E-state index < -0.39 is 0 Å². The fourth-order valence-corrected chi connectivity index (χ4v) is 3.10. The molecule has 1 heterocycles. The van der Waals surface area contributed by atoms with E-state index in [1.807, 2.05) is 12.1 Å². The number of ether oxygens (including phenoxy) is 1. The third-order valence-corrected chi connectivity index (χ3v) is 4.34. The van der Waals surface area contributed by atoms with Crippen LogP contribution in [0.4, 0.5) is 5.69 Å². The van der Waals surface area contributed by atoms with Gasteiger partial charge in [-0.2, -0.15) is 0 Å². The highest BCUT2D eigenvalue weighted by Crippen LogP contribution is 2.38. The molecule has 1 aliphatic rings. The molecule has 2 N–H and O–H groups in total. The van der Waals surface area contributed by atoms with Gasteiger partial charge in [0, 0.05) is 12.1 Å². The summed E-state index contributed by atoms with van der Waals surface area (Å²) in [4.78, 5) is 2.37. The largest absolute Gasteiger partial charge is 0.396 e. The van der Waals surface area contributed by atoms with Crippen LogP contribution in [0.5, 0.6) is 0 Å². The standard InChI is InChI=1S/C15H22Cl2N2O/c1-5-13-19(15(2,3)4)8-12(20-13)9-6-10(16)14(18)11(17)7-9/h6-7,12-13H,5,8,18H2,1-4H3. The third-order valence-electron chi connectivity index (χ3n) is 3.72. The number of hydrogen-bond donors (Lipinski definition) is 1. The molecule has 2 unspecified atom stereocenters. The minimum Gasteiger partial charge on any atom is -0.396 e. The van der Waals surface area contributed by atoms with Gasteiger partial charge in [-0.1, -0.05) is 30.1 Å². The van der Waals surface area contributed by atoms with Crippen LogP contribution in [0.15, 0.2) is 12.1 Å². The summed E-state index contributed by atoms with van der Waals surface area (Å²) in [5.74, 6) is 0. The van der Waals surface area contributed by atoms with Gasteiger partial charge in [0.25, 0.3) is 0 Å². The Balaban J connectivity index is 2.28. The lowest BCUT2D eigenvalue weighted by Gasteiger charge is -2.34. The summed E-state index contributed by atoms with van der Waals surface area (Å²) in [7, 11) is 0. The number of anilines is 1. The first kappa shape index (κ1) is 15.9. The highest BCUT2D eigenvalue weighted by molar-refractivity contribution is 6.38. The average Bonchev–Trinajstić information content (AvgIpc) is 2.79. The van der Waals surface area contributed by atoms with Crippen molar-refractivity contribution < 1.29 is 4.74 Å². The number of nitrogens with zero attached hydrogens (tertiary/aromatic N) is 1. The highest BCUT2D eigenvalue weighted by atomic mass is 35.5. The zero-order valence-corrected chi connectivity index (χ0v) is 13.9. The van der Waals surface area contributed by atoms with Crippen molar-refractivity contribution >= 4 is 28.9 Å². The molecule has 0 bridgehead atoms. The van der Waals surface area contributed by atoms with Gasteiger partial charge < -0.3 is 10.5 Å². The third kappa shape index (κ3) is 3.06. The zero-order chi connectivity index (χ0) is 15.1. The maximum Gasteiger partial charge on any atom is 0.111 e. The van der Waals surface area contributed by atoms with Crippen LogP contribution in [0.1, 0.15) is 45.8 Å². The molecule has 2 atom stereocenters. The average molecular weight is 317 g/mol. The molecule has 1 saturated heterocycles. The lowest BCUT2D eigenvalue weighted by Crippen LogP contribution is -2.44. The molecule has 0 aromatic heterocycles. The van der Waals surface area contributed by atoms with Crippen LogP contribution < -0.4 is 5.73 Å². The van der Waals surface area contributed by atoms with Crippen molar-refractivity contribution in [1.29, 1.82) is 0 Å². The van der Waals surface area contributed by atoms with E-state index in [0.29, 0.717) is 15.7 Å². The Morgan fingerprint density at radius 2 is 1.85 bits per heavy atom. The van der Waals surface area contributed by atoms with E-state index in [-0.39, 0.29) is 17.9 Å². The van der Waals surface area contributed by atoms with Crippen molar-refractivity contribution in [3.63, 3.8) is 0 Å². The van der Waals surface area contributed by atoms with Gasteiger partial charge in [0.05, 0.1) is 21.8 Å². The molecule has 0 amide bonds. The highest BCUT2D eigenvalue weighted by Gasteiger charge is 2.38. The van der Waals surface area contributed by atoms with Crippen molar-refractivity contribution in [1.82, 2.24) is 4.90 Å². The maximum atomic E-state index is 6.15. The molecule has 1 aliphatic heterocycles. The fraction of sp³-hybridized carbons (Fsp3) is 0.600. The molecular formula is C15H22Cl2N2O. The first-order valence-corrected chi connectivity index (χ1v) is 7.66. The quantitative estimate of drug-likeness (QED) is 0.817. The van der Waals surface area contributed by atoms with E-state index in [1.54, 1.807) is 0 Å². The van der Waals surface area contributed by atoms with Crippen LogP contribution in [-0.4, -0.2) is 23.2 Å². The SMILES string of the molecule is CCC1OC(c2cc(Cl)c(N)c(Cl)c2)CN1C(C)(C)C. The summed E-state index contributed by atoms with van der Waals surface area (Å²) >= 11 is 12.2. The maximum absolute atomic E-state index is 6.15. The second-order valence-corrected chi connectivity index (χ2v) is 7.02. The molecule has 0 saturated carbocycles. The van der Waals surface area contributed by atoms with Crippen LogP contribution in [0, 0.1) is 0 Å². The number of nitrogen functional groups attached to an aromatic ring is 1. The Bertz CT molecular complexity index is 476. The number of nitrogens with two attached hydrogens (primary N) is 1. The van der Waals surface area contributed by atoms with E-state index in [9.17, 15) is 0 Å². The topological polar surface area (TPSA) is 38.5 Å². The van der Waals surface area contributed by atoms with E-state index in [4.69, 9.17) is 33.7 Å². The lowest BCUT2D eigenvalue weighted by atomic mass is 10.0. The molecule has 3 nitrogen and oxygen atoms in total. The molecule has 5 heteroatoms. The van der Waals surface area contributed by atoms with Crippen LogP contribution in [0.3, 0.4) is 0 Å². The van der Waals surface area contributed by atoms with Crippen molar-refractivity contribution in [3.05, 3.63) is 27.7 Å². The minimum absolute atomic E-state index is 0.0187.